The van der Waals surface area contributed by atoms with Gasteiger partial charge in [0.15, 0.2) is 17.4 Å². The molecule has 5 atom stereocenters. The number of hydrogen-bond acceptors (Lipinski definition) is 10. The van der Waals surface area contributed by atoms with Crippen molar-refractivity contribution in [2.75, 3.05) is 24.4 Å². The van der Waals surface area contributed by atoms with Crippen LogP contribution in [-0.4, -0.2) is 81.8 Å². The zero-order chi connectivity index (χ0) is 24.7. The highest BCUT2D eigenvalue weighted by molar-refractivity contribution is 7.70. The second-order valence-corrected chi connectivity index (χ2v) is 12.8. The summed E-state index contributed by atoms with van der Waals surface area (Å²) in [5, 5.41) is 28.2. The van der Waals surface area contributed by atoms with Crippen molar-refractivity contribution in [2.24, 2.45) is 5.92 Å². The Morgan fingerprint density at radius 3 is 2.59 bits per heavy atom. The lowest BCUT2D eigenvalue weighted by Crippen LogP contribution is -2.33. The molecule has 190 valence electrons. The van der Waals surface area contributed by atoms with Crippen molar-refractivity contribution in [1.29, 1.82) is 0 Å². The van der Waals surface area contributed by atoms with Gasteiger partial charge in [-0.3, -0.25) is 9.13 Å². The first-order chi connectivity index (χ1) is 15.9. The van der Waals surface area contributed by atoms with E-state index in [1.807, 2.05) is 0 Å². The van der Waals surface area contributed by atoms with Gasteiger partial charge in [0.25, 0.3) is 0 Å². The molecule has 5 unspecified atom stereocenters. The monoisotopic (exact) mass is 541 g/mol. The highest BCUT2D eigenvalue weighted by Gasteiger charge is 2.46. The molecule has 2 aromatic rings. The average Bonchev–Trinajstić information content (AvgIpc) is 3.44. The molecule has 2 aliphatic rings. The molecule has 3 heterocycles. The van der Waals surface area contributed by atoms with Crippen molar-refractivity contribution in [1.82, 2.24) is 19.6 Å². The molecule has 1 aliphatic carbocycles. The predicted molar refractivity (Wildman–Crippen MR) is 119 cm³/mol. The first-order valence-electron chi connectivity index (χ1n) is 10.6. The summed E-state index contributed by atoms with van der Waals surface area (Å²) < 4.78 is 34.6. The van der Waals surface area contributed by atoms with Crippen molar-refractivity contribution in [2.45, 2.75) is 50.1 Å². The molecular formula is C17H26ClN5O9P2. The number of nitrogens with zero attached hydrogens (tertiary/aromatic N) is 4. The van der Waals surface area contributed by atoms with Gasteiger partial charge >= 0.3 is 15.2 Å². The molecule has 0 spiro atoms. The number of ether oxygens (including phenoxy) is 1. The van der Waals surface area contributed by atoms with Crippen LogP contribution in [0.15, 0.2) is 6.20 Å². The largest absolute Gasteiger partial charge is 0.387 e. The summed E-state index contributed by atoms with van der Waals surface area (Å²) in [6.07, 6.45) is 0.604. The summed E-state index contributed by atoms with van der Waals surface area (Å²) >= 11 is 6.10. The molecule has 6 N–H and O–H groups in total. The van der Waals surface area contributed by atoms with Crippen LogP contribution in [0.2, 0.25) is 5.28 Å². The lowest BCUT2D eigenvalue weighted by molar-refractivity contribution is -0.0204. The maximum Gasteiger partial charge on any atom is 0.340 e. The van der Waals surface area contributed by atoms with Gasteiger partial charge in [0.05, 0.1) is 18.5 Å². The number of nitrogens with one attached hydrogen (secondary N) is 1. The maximum absolute atomic E-state index is 11.9. The van der Waals surface area contributed by atoms with E-state index in [-0.39, 0.29) is 11.0 Å². The number of hydrogen-bond donors (Lipinski definition) is 6. The van der Waals surface area contributed by atoms with Gasteiger partial charge in [-0.15, -0.1) is 5.10 Å². The number of fused-ring (bicyclic) bond motifs is 1. The van der Waals surface area contributed by atoms with Gasteiger partial charge in [-0.1, -0.05) is 12.8 Å². The van der Waals surface area contributed by atoms with Gasteiger partial charge in [0.2, 0.25) is 5.28 Å². The second-order valence-electron chi connectivity index (χ2n) is 8.49. The van der Waals surface area contributed by atoms with Gasteiger partial charge in [-0.2, -0.15) is 4.98 Å². The van der Waals surface area contributed by atoms with Crippen molar-refractivity contribution in [3.05, 3.63) is 17.2 Å². The fraction of sp³-hybridized carbons (Fsp3) is 0.706. The first-order valence-corrected chi connectivity index (χ1v) is 14.5. The Balaban J connectivity index is 1.50. The lowest BCUT2D eigenvalue weighted by Gasteiger charge is -2.18. The minimum absolute atomic E-state index is 0.0766. The molecule has 17 heteroatoms. The summed E-state index contributed by atoms with van der Waals surface area (Å²) in [6, 6.07) is 0. The third-order valence-corrected chi connectivity index (χ3v) is 9.47. The number of aliphatic hydroxyl groups excluding tert-OH is 2. The Bertz CT molecular complexity index is 1120. The van der Waals surface area contributed by atoms with Gasteiger partial charge in [0.1, 0.15) is 24.4 Å². The molecule has 14 nitrogen and oxygen atoms in total. The van der Waals surface area contributed by atoms with E-state index in [1.165, 1.54) is 23.6 Å². The van der Waals surface area contributed by atoms with E-state index in [0.29, 0.717) is 23.9 Å². The number of halogens is 1. The van der Waals surface area contributed by atoms with E-state index in [2.05, 4.69) is 20.4 Å². The zero-order valence-corrected chi connectivity index (χ0v) is 20.4. The molecule has 1 saturated carbocycles. The third-order valence-electron chi connectivity index (χ3n) is 5.85. The summed E-state index contributed by atoms with van der Waals surface area (Å²) in [5.74, 6) is -0.453. The third kappa shape index (κ3) is 5.96. The van der Waals surface area contributed by atoms with E-state index < -0.39 is 52.1 Å². The van der Waals surface area contributed by atoms with Crippen LogP contribution in [0.25, 0.3) is 5.65 Å². The Kier molecular flexibility index (Phi) is 7.66. The molecule has 0 bridgehead atoms. The van der Waals surface area contributed by atoms with Crippen molar-refractivity contribution >= 4 is 38.3 Å². The lowest BCUT2D eigenvalue weighted by atomic mass is 10.1. The van der Waals surface area contributed by atoms with E-state index in [4.69, 9.17) is 30.6 Å². The summed E-state index contributed by atoms with van der Waals surface area (Å²) in [7, 11) is -9.47. The van der Waals surface area contributed by atoms with Crippen LogP contribution < -0.4 is 5.32 Å². The quantitative estimate of drug-likeness (QED) is 0.244. The fourth-order valence-corrected chi connectivity index (χ4v) is 6.96. The minimum Gasteiger partial charge on any atom is -0.387 e. The van der Waals surface area contributed by atoms with Crippen LogP contribution in [0.5, 0.6) is 0 Å². The van der Waals surface area contributed by atoms with E-state index in [1.54, 1.807) is 0 Å². The van der Waals surface area contributed by atoms with Gasteiger partial charge in [-0.05, 0) is 30.4 Å². The molecule has 0 radical (unpaired) electrons. The van der Waals surface area contributed by atoms with Crippen LogP contribution >= 0.6 is 26.8 Å². The highest BCUT2D eigenvalue weighted by atomic mass is 35.5. The van der Waals surface area contributed by atoms with Crippen LogP contribution in [0.4, 0.5) is 5.82 Å². The molecule has 1 saturated heterocycles. The second kappa shape index (κ2) is 10.1. The van der Waals surface area contributed by atoms with Gasteiger partial charge in [-0.25, -0.2) is 9.50 Å². The Hall–Kier alpha value is -1.18. The maximum atomic E-state index is 11.9. The van der Waals surface area contributed by atoms with E-state index in [9.17, 15) is 24.2 Å². The smallest absolute Gasteiger partial charge is 0.340 e. The van der Waals surface area contributed by atoms with Crippen LogP contribution in [0.3, 0.4) is 0 Å². The summed E-state index contributed by atoms with van der Waals surface area (Å²) in [5.41, 5.74) is 0.587. The van der Waals surface area contributed by atoms with Crippen LogP contribution in [0, 0.1) is 5.92 Å². The van der Waals surface area contributed by atoms with Crippen molar-refractivity contribution < 1.29 is 43.3 Å². The number of anilines is 1. The Morgan fingerprint density at radius 2 is 1.91 bits per heavy atom. The molecule has 1 aliphatic heterocycles. The predicted octanol–water partition coefficient (Wildman–Crippen LogP) is 0.879. The van der Waals surface area contributed by atoms with E-state index >= 15 is 0 Å². The normalized spacial score (nSPS) is 27.9. The molecule has 0 amide bonds. The Morgan fingerprint density at radius 1 is 1.21 bits per heavy atom. The van der Waals surface area contributed by atoms with Crippen molar-refractivity contribution in [3.8, 4) is 0 Å². The molecule has 0 aromatic carbocycles. The molecule has 34 heavy (non-hydrogen) atoms. The average molecular weight is 542 g/mol. The number of rotatable bonds is 9. The molecule has 2 aromatic heterocycles. The number of imidazole rings is 1. The number of aromatic nitrogens is 4. The molecule has 2 fully saturated rings. The van der Waals surface area contributed by atoms with E-state index in [0.717, 1.165) is 12.8 Å². The summed E-state index contributed by atoms with van der Waals surface area (Å²) in [6.45, 7) is 0.00484. The topological polar surface area (TPSA) is 209 Å². The first kappa shape index (κ1) is 25.9. The van der Waals surface area contributed by atoms with Crippen LogP contribution in [-0.2, 0) is 18.4 Å². The van der Waals surface area contributed by atoms with Crippen LogP contribution in [0.1, 0.15) is 37.5 Å². The minimum atomic E-state index is -4.81. The zero-order valence-electron chi connectivity index (χ0n) is 17.8. The van der Waals surface area contributed by atoms with Gasteiger partial charge < -0.3 is 39.5 Å². The van der Waals surface area contributed by atoms with Crippen molar-refractivity contribution in [3.63, 3.8) is 0 Å². The fourth-order valence-electron chi connectivity index (χ4n) is 4.24. The van der Waals surface area contributed by atoms with Gasteiger partial charge in [0, 0.05) is 6.54 Å². The highest BCUT2D eigenvalue weighted by Crippen LogP contribution is 2.55. The number of aliphatic hydroxyl groups is 2. The standard InChI is InChI=1S/C17H26ClN5O9P2/c18-17-21-15(19-5-9-3-1-2-4-9)16-20-6-10(23(16)22-17)14-13(25)12(24)11(32-14)7-31-34(29,30)8-33(26,27)28/h6,9,11-14,24-25H,1-5,7-8H2,(H,29,30)(H,19,21,22)(H2,26,27,28). The molecule has 4 rings (SSSR count). The summed E-state index contributed by atoms with van der Waals surface area (Å²) in [4.78, 5) is 35.9. The Labute approximate surface area is 199 Å². The SMILES string of the molecule is O=P(O)(O)CP(=O)(O)OCC1OC(c2cnc3c(NCC4CCCC4)nc(Cl)nn23)C(O)C1O. The molecular weight excluding hydrogens is 516 g/mol.